The van der Waals surface area contributed by atoms with E-state index in [4.69, 9.17) is 0 Å². The highest BCUT2D eigenvalue weighted by atomic mass is 19.1. The number of piperazine rings is 1. The zero-order chi connectivity index (χ0) is 31.1. The van der Waals surface area contributed by atoms with Crippen LogP contribution in [-0.4, -0.2) is 48.8 Å². The predicted molar refractivity (Wildman–Crippen MR) is 167 cm³/mol. The van der Waals surface area contributed by atoms with Crippen molar-refractivity contribution in [1.82, 2.24) is 10.2 Å². The maximum absolute atomic E-state index is 13.5. The topological polar surface area (TPSA) is 81.8 Å². The normalized spacial score (nSPS) is 13.7. The van der Waals surface area contributed by atoms with E-state index in [0.717, 1.165) is 11.1 Å². The summed E-state index contributed by atoms with van der Waals surface area (Å²) < 4.78 is 26.7. The second-order valence-electron chi connectivity index (χ2n) is 10.7. The molecule has 2 N–H and O–H groups in total. The molecule has 1 aliphatic rings. The Morgan fingerprint density at radius 2 is 1.41 bits per heavy atom. The van der Waals surface area contributed by atoms with E-state index in [2.05, 4.69) is 15.5 Å². The summed E-state index contributed by atoms with van der Waals surface area (Å²) in [6, 6.07) is 25.9. The van der Waals surface area contributed by atoms with E-state index in [1.807, 2.05) is 42.2 Å². The summed E-state index contributed by atoms with van der Waals surface area (Å²) in [7, 11) is 0. The van der Waals surface area contributed by atoms with Gasteiger partial charge in [-0.05, 0) is 72.1 Å². The molecular formula is C35H34F2N4O3. The third-order valence-corrected chi connectivity index (χ3v) is 7.81. The Kier molecular flexibility index (Phi) is 9.64. The molecule has 0 radical (unpaired) electrons. The molecule has 1 atom stereocenters. The second-order valence-corrected chi connectivity index (χ2v) is 10.7. The summed E-state index contributed by atoms with van der Waals surface area (Å²) in [6.45, 7) is 4.25. The molecule has 4 aromatic rings. The smallest absolute Gasteiger partial charge is 0.255 e. The van der Waals surface area contributed by atoms with Crippen molar-refractivity contribution in [2.24, 2.45) is 0 Å². The van der Waals surface area contributed by atoms with E-state index < -0.39 is 11.7 Å². The van der Waals surface area contributed by atoms with Crippen molar-refractivity contribution in [2.45, 2.75) is 25.8 Å². The van der Waals surface area contributed by atoms with Crippen molar-refractivity contribution in [3.8, 4) is 0 Å². The SMILES string of the molecule is CC[C@@H](C(=O)N1CCN(c2ccc(NC(=O)c3ccc(F)cc3)cc2C(=O)NCc2ccc(F)cc2)CC1)c1ccccc1. The van der Waals surface area contributed by atoms with Crippen LogP contribution in [0.2, 0.25) is 0 Å². The Bertz CT molecular complexity index is 1600. The number of amides is 3. The molecule has 1 saturated heterocycles. The fourth-order valence-corrected chi connectivity index (χ4v) is 5.38. The van der Waals surface area contributed by atoms with Gasteiger partial charge in [0.2, 0.25) is 5.91 Å². The number of carbonyl (C=O) groups is 3. The van der Waals surface area contributed by atoms with Gasteiger partial charge in [0, 0.05) is 49.7 Å². The van der Waals surface area contributed by atoms with Crippen molar-refractivity contribution in [3.63, 3.8) is 0 Å². The molecule has 5 rings (SSSR count). The molecule has 0 bridgehead atoms. The second kappa shape index (κ2) is 13.9. The Balaban J connectivity index is 1.33. The van der Waals surface area contributed by atoms with Crippen molar-refractivity contribution in [3.05, 3.63) is 131 Å². The van der Waals surface area contributed by atoms with Gasteiger partial charge in [0.1, 0.15) is 11.6 Å². The highest BCUT2D eigenvalue weighted by Gasteiger charge is 2.29. The summed E-state index contributed by atoms with van der Waals surface area (Å²) in [5.41, 5.74) is 3.43. The van der Waals surface area contributed by atoms with Gasteiger partial charge in [0.05, 0.1) is 11.5 Å². The molecule has 9 heteroatoms. The highest BCUT2D eigenvalue weighted by Crippen LogP contribution is 2.28. The maximum Gasteiger partial charge on any atom is 0.255 e. The fraction of sp³-hybridized carbons (Fsp3) is 0.229. The molecule has 0 aromatic heterocycles. The summed E-state index contributed by atoms with van der Waals surface area (Å²) in [5.74, 6) is -1.73. The number of rotatable bonds is 9. The Hall–Kier alpha value is -5.05. The number of nitrogens with one attached hydrogen (secondary N) is 2. The van der Waals surface area contributed by atoms with E-state index in [1.165, 1.54) is 36.4 Å². The van der Waals surface area contributed by atoms with Crippen LogP contribution in [0.5, 0.6) is 0 Å². The molecular weight excluding hydrogens is 562 g/mol. The minimum Gasteiger partial charge on any atom is -0.367 e. The molecule has 1 fully saturated rings. The van der Waals surface area contributed by atoms with E-state index in [0.29, 0.717) is 49.5 Å². The molecule has 226 valence electrons. The first-order chi connectivity index (χ1) is 21.3. The molecule has 7 nitrogen and oxygen atoms in total. The van der Waals surface area contributed by atoms with E-state index in [9.17, 15) is 23.2 Å². The first kappa shape index (κ1) is 30.4. The first-order valence-corrected chi connectivity index (χ1v) is 14.6. The Labute approximate surface area is 255 Å². The number of benzene rings is 4. The average Bonchev–Trinajstić information content (AvgIpc) is 3.05. The van der Waals surface area contributed by atoms with Crippen LogP contribution in [0.1, 0.15) is 51.1 Å². The zero-order valence-corrected chi connectivity index (χ0v) is 24.4. The molecule has 44 heavy (non-hydrogen) atoms. The van der Waals surface area contributed by atoms with Crippen LogP contribution in [0.4, 0.5) is 20.2 Å². The fourth-order valence-electron chi connectivity index (χ4n) is 5.38. The number of carbonyl (C=O) groups excluding carboxylic acids is 3. The summed E-state index contributed by atoms with van der Waals surface area (Å²) in [6.07, 6.45) is 0.701. The maximum atomic E-state index is 13.5. The van der Waals surface area contributed by atoms with Crippen LogP contribution in [0.15, 0.2) is 97.1 Å². The van der Waals surface area contributed by atoms with Gasteiger partial charge in [0.15, 0.2) is 0 Å². The largest absolute Gasteiger partial charge is 0.367 e. The minimum absolute atomic E-state index is 0.0921. The van der Waals surface area contributed by atoms with Crippen molar-refractivity contribution in [2.75, 3.05) is 36.4 Å². The van der Waals surface area contributed by atoms with Crippen molar-refractivity contribution in [1.29, 1.82) is 0 Å². The summed E-state index contributed by atoms with van der Waals surface area (Å²) >= 11 is 0. The Morgan fingerprint density at radius 1 is 0.773 bits per heavy atom. The lowest BCUT2D eigenvalue weighted by atomic mass is 9.94. The molecule has 0 unspecified atom stereocenters. The minimum atomic E-state index is -0.446. The standard InChI is InChI=1S/C35H34F2N4O3/c1-2-30(25-6-4-3-5-7-25)35(44)41-20-18-40(19-21-41)32-17-16-29(39-33(42)26-10-14-28(37)15-11-26)22-31(32)34(43)38-23-24-8-12-27(36)13-9-24/h3-17,22,30H,2,18-21,23H2,1H3,(H,38,43)(H,39,42)/t30-/m1/s1. The molecule has 1 heterocycles. The average molecular weight is 597 g/mol. The first-order valence-electron chi connectivity index (χ1n) is 14.6. The molecule has 0 aliphatic carbocycles. The van der Waals surface area contributed by atoms with Crippen LogP contribution in [0, 0.1) is 11.6 Å². The van der Waals surface area contributed by atoms with Gasteiger partial charge < -0.3 is 20.4 Å². The number of anilines is 2. The van der Waals surface area contributed by atoms with Gasteiger partial charge in [0.25, 0.3) is 11.8 Å². The van der Waals surface area contributed by atoms with Gasteiger partial charge in [-0.2, -0.15) is 0 Å². The summed E-state index contributed by atoms with van der Waals surface area (Å²) in [5, 5.41) is 5.68. The van der Waals surface area contributed by atoms with Crippen LogP contribution in [0.3, 0.4) is 0 Å². The molecule has 1 aliphatic heterocycles. The van der Waals surface area contributed by atoms with Gasteiger partial charge in [-0.15, -0.1) is 0 Å². The lowest BCUT2D eigenvalue weighted by Crippen LogP contribution is -2.50. The highest BCUT2D eigenvalue weighted by molar-refractivity contribution is 6.06. The third kappa shape index (κ3) is 7.29. The monoisotopic (exact) mass is 596 g/mol. The molecule has 3 amide bonds. The number of hydrogen-bond acceptors (Lipinski definition) is 4. The molecule has 0 saturated carbocycles. The van der Waals surface area contributed by atoms with Gasteiger partial charge in [-0.1, -0.05) is 49.4 Å². The van der Waals surface area contributed by atoms with E-state index >= 15 is 0 Å². The summed E-state index contributed by atoms with van der Waals surface area (Å²) in [4.78, 5) is 43.7. The van der Waals surface area contributed by atoms with Crippen LogP contribution >= 0.6 is 0 Å². The molecule has 0 spiro atoms. The molecule has 4 aromatic carbocycles. The van der Waals surface area contributed by atoms with Crippen molar-refractivity contribution < 1.29 is 23.2 Å². The lowest BCUT2D eigenvalue weighted by molar-refractivity contribution is -0.133. The predicted octanol–water partition coefficient (Wildman–Crippen LogP) is 5.99. The van der Waals surface area contributed by atoms with Gasteiger partial charge in [-0.25, -0.2) is 8.78 Å². The van der Waals surface area contributed by atoms with E-state index in [-0.39, 0.29) is 35.7 Å². The van der Waals surface area contributed by atoms with Crippen LogP contribution in [-0.2, 0) is 11.3 Å². The van der Waals surface area contributed by atoms with Crippen LogP contribution < -0.4 is 15.5 Å². The van der Waals surface area contributed by atoms with Crippen LogP contribution in [0.25, 0.3) is 0 Å². The van der Waals surface area contributed by atoms with E-state index in [1.54, 1.807) is 30.3 Å². The van der Waals surface area contributed by atoms with Gasteiger partial charge >= 0.3 is 0 Å². The number of hydrogen-bond donors (Lipinski definition) is 2. The Morgan fingerprint density at radius 3 is 2.05 bits per heavy atom. The number of halogens is 2. The lowest BCUT2D eigenvalue weighted by Gasteiger charge is -2.38. The zero-order valence-electron chi connectivity index (χ0n) is 24.4. The van der Waals surface area contributed by atoms with Gasteiger partial charge in [-0.3, -0.25) is 14.4 Å². The quantitative estimate of drug-likeness (QED) is 0.249. The van der Waals surface area contributed by atoms with Crippen molar-refractivity contribution >= 4 is 29.1 Å². The third-order valence-electron chi connectivity index (χ3n) is 7.81. The number of nitrogens with zero attached hydrogens (tertiary/aromatic N) is 2.